The number of halogens is 1. The summed E-state index contributed by atoms with van der Waals surface area (Å²) in [5.74, 6) is -0.150. The maximum Gasteiger partial charge on any atom is 0.222 e. The van der Waals surface area contributed by atoms with Crippen molar-refractivity contribution in [3.63, 3.8) is 0 Å². The number of thiophene rings is 1. The van der Waals surface area contributed by atoms with E-state index in [0.717, 1.165) is 6.42 Å². The predicted octanol–water partition coefficient (Wildman–Crippen LogP) is 3.18. The van der Waals surface area contributed by atoms with E-state index < -0.39 is 6.10 Å². The zero-order chi connectivity index (χ0) is 14.4. The Balaban J connectivity index is 1.74. The highest BCUT2D eigenvalue weighted by Gasteiger charge is 2.12. The number of amides is 1. The van der Waals surface area contributed by atoms with Crippen LogP contribution in [0.25, 0.3) is 0 Å². The summed E-state index contributed by atoms with van der Waals surface area (Å²) in [6.07, 6.45) is 0.0748. The Kier molecular flexibility index (Phi) is 5.59. The number of aliphatic hydroxyl groups is 1. The summed E-state index contributed by atoms with van der Waals surface area (Å²) in [7, 11) is 0. The second kappa shape index (κ2) is 7.43. The Labute approximate surface area is 127 Å². The largest absolute Gasteiger partial charge is 0.388 e. The fraction of sp³-hybridized carbons (Fsp3) is 0.267. The minimum Gasteiger partial charge on any atom is -0.388 e. The lowest BCUT2D eigenvalue weighted by Gasteiger charge is -2.11. The number of carbonyl (C=O) groups is 1. The normalized spacial score (nSPS) is 12.1. The maximum atomic E-state index is 11.7. The summed E-state index contributed by atoms with van der Waals surface area (Å²) in [6.45, 7) is 0.586. The molecule has 20 heavy (non-hydrogen) atoms. The van der Waals surface area contributed by atoms with E-state index in [-0.39, 0.29) is 12.3 Å². The van der Waals surface area contributed by atoms with E-state index in [9.17, 15) is 9.90 Å². The molecular formula is C15H16ClNO2S. The zero-order valence-electron chi connectivity index (χ0n) is 10.9. The summed E-state index contributed by atoms with van der Waals surface area (Å²) in [4.78, 5) is 11.7. The van der Waals surface area contributed by atoms with Crippen molar-refractivity contribution in [1.82, 2.24) is 5.32 Å². The molecule has 0 aliphatic carbocycles. The fourth-order valence-corrected chi connectivity index (χ4v) is 2.66. The first-order valence-corrected chi connectivity index (χ1v) is 7.68. The van der Waals surface area contributed by atoms with Crippen LogP contribution in [0.15, 0.2) is 41.1 Å². The standard InChI is InChI=1S/C15H16ClNO2S/c16-13-3-1-12(2-4-13)14(18)9-15(19)17-7-5-11-6-8-20-10-11/h1-4,6,8,10,14,18H,5,7,9H2,(H,17,19). The van der Waals surface area contributed by atoms with E-state index >= 15 is 0 Å². The van der Waals surface area contributed by atoms with Gasteiger partial charge in [0.1, 0.15) is 0 Å². The smallest absolute Gasteiger partial charge is 0.222 e. The van der Waals surface area contributed by atoms with Gasteiger partial charge >= 0.3 is 0 Å². The highest BCUT2D eigenvalue weighted by atomic mass is 35.5. The van der Waals surface area contributed by atoms with Crippen LogP contribution in [0.4, 0.5) is 0 Å². The second-order valence-electron chi connectivity index (χ2n) is 4.50. The van der Waals surface area contributed by atoms with Crippen LogP contribution in [0.5, 0.6) is 0 Å². The molecule has 0 fully saturated rings. The van der Waals surface area contributed by atoms with Crippen LogP contribution in [0.2, 0.25) is 5.02 Å². The second-order valence-corrected chi connectivity index (χ2v) is 5.72. The van der Waals surface area contributed by atoms with Gasteiger partial charge < -0.3 is 10.4 Å². The molecule has 1 unspecified atom stereocenters. The first-order valence-electron chi connectivity index (χ1n) is 6.36. The molecule has 2 rings (SSSR count). The summed E-state index contributed by atoms with van der Waals surface area (Å²) in [5, 5.41) is 17.5. The Morgan fingerprint density at radius 3 is 2.70 bits per heavy atom. The van der Waals surface area contributed by atoms with Gasteiger partial charge in [0.05, 0.1) is 12.5 Å². The molecule has 0 aliphatic rings. The average Bonchev–Trinajstić information content (AvgIpc) is 2.92. The van der Waals surface area contributed by atoms with Crippen molar-refractivity contribution in [1.29, 1.82) is 0 Å². The van der Waals surface area contributed by atoms with Crippen LogP contribution in [0.1, 0.15) is 23.7 Å². The third kappa shape index (κ3) is 4.63. The van der Waals surface area contributed by atoms with Gasteiger partial charge in [-0.1, -0.05) is 23.7 Å². The van der Waals surface area contributed by atoms with E-state index in [0.29, 0.717) is 17.1 Å². The Bertz CT molecular complexity index is 540. The minimum absolute atomic E-state index is 0.0608. The first kappa shape index (κ1) is 15.0. The van der Waals surface area contributed by atoms with Crippen molar-refractivity contribution in [2.24, 2.45) is 0 Å². The predicted molar refractivity (Wildman–Crippen MR) is 82.1 cm³/mol. The van der Waals surface area contributed by atoms with Gasteiger partial charge in [-0.25, -0.2) is 0 Å². The molecule has 3 nitrogen and oxygen atoms in total. The molecule has 1 atom stereocenters. The molecule has 0 spiro atoms. The third-order valence-electron chi connectivity index (χ3n) is 2.95. The van der Waals surface area contributed by atoms with Crippen molar-refractivity contribution in [3.05, 3.63) is 57.2 Å². The molecule has 1 amide bonds. The van der Waals surface area contributed by atoms with Crippen LogP contribution in [-0.4, -0.2) is 17.6 Å². The number of benzene rings is 1. The van der Waals surface area contributed by atoms with Gasteiger partial charge in [-0.15, -0.1) is 0 Å². The van der Waals surface area contributed by atoms with Crippen LogP contribution < -0.4 is 5.32 Å². The number of hydrogen-bond acceptors (Lipinski definition) is 3. The third-order valence-corrected chi connectivity index (χ3v) is 3.93. The molecule has 0 saturated heterocycles. The fourth-order valence-electron chi connectivity index (χ4n) is 1.83. The topological polar surface area (TPSA) is 49.3 Å². The molecular weight excluding hydrogens is 294 g/mol. The number of nitrogens with one attached hydrogen (secondary N) is 1. The molecule has 2 N–H and O–H groups in total. The molecule has 5 heteroatoms. The van der Waals surface area contributed by atoms with Crippen LogP contribution in [0.3, 0.4) is 0 Å². The molecule has 0 saturated carbocycles. The summed E-state index contributed by atoms with van der Waals surface area (Å²) < 4.78 is 0. The molecule has 1 aromatic carbocycles. The summed E-state index contributed by atoms with van der Waals surface area (Å²) in [6, 6.07) is 8.90. The van der Waals surface area contributed by atoms with Gasteiger partial charge in [-0.3, -0.25) is 4.79 Å². The molecule has 2 aromatic rings. The Hall–Kier alpha value is -1.36. The van der Waals surface area contributed by atoms with Crippen LogP contribution in [0, 0.1) is 0 Å². The zero-order valence-corrected chi connectivity index (χ0v) is 12.5. The number of rotatable bonds is 6. The molecule has 106 valence electrons. The van der Waals surface area contributed by atoms with E-state index in [1.165, 1.54) is 5.56 Å². The lowest BCUT2D eigenvalue weighted by atomic mass is 10.1. The van der Waals surface area contributed by atoms with Crippen molar-refractivity contribution in [2.45, 2.75) is 18.9 Å². The van der Waals surface area contributed by atoms with E-state index in [1.54, 1.807) is 35.6 Å². The summed E-state index contributed by atoms with van der Waals surface area (Å²) >= 11 is 7.42. The first-order chi connectivity index (χ1) is 9.65. The lowest BCUT2D eigenvalue weighted by Crippen LogP contribution is -2.27. The van der Waals surface area contributed by atoms with Crippen molar-refractivity contribution >= 4 is 28.8 Å². The molecule has 1 aromatic heterocycles. The van der Waals surface area contributed by atoms with Gasteiger partial charge in [-0.05, 0) is 46.5 Å². The van der Waals surface area contributed by atoms with Gasteiger partial charge in [0, 0.05) is 11.6 Å². The lowest BCUT2D eigenvalue weighted by molar-refractivity contribution is -0.123. The van der Waals surface area contributed by atoms with E-state index in [4.69, 9.17) is 11.6 Å². The number of hydrogen-bond donors (Lipinski definition) is 2. The average molecular weight is 310 g/mol. The van der Waals surface area contributed by atoms with Gasteiger partial charge in [0.25, 0.3) is 0 Å². The Morgan fingerprint density at radius 2 is 2.05 bits per heavy atom. The van der Waals surface area contributed by atoms with Crippen molar-refractivity contribution in [3.8, 4) is 0 Å². The molecule has 0 radical (unpaired) electrons. The minimum atomic E-state index is -0.798. The highest BCUT2D eigenvalue weighted by molar-refractivity contribution is 7.07. The van der Waals surface area contributed by atoms with Gasteiger partial charge in [0.15, 0.2) is 0 Å². The maximum absolute atomic E-state index is 11.7. The number of carbonyl (C=O) groups excluding carboxylic acids is 1. The summed E-state index contributed by atoms with van der Waals surface area (Å²) in [5.41, 5.74) is 1.91. The molecule has 0 aliphatic heterocycles. The Morgan fingerprint density at radius 1 is 1.30 bits per heavy atom. The van der Waals surface area contributed by atoms with Gasteiger partial charge in [0.2, 0.25) is 5.91 Å². The van der Waals surface area contributed by atoms with E-state index in [2.05, 4.69) is 10.7 Å². The van der Waals surface area contributed by atoms with E-state index in [1.807, 2.05) is 11.4 Å². The van der Waals surface area contributed by atoms with Gasteiger partial charge in [-0.2, -0.15) is 11.3 Å². The SMILES string of the molecule is O=C(CC(O)c1ccc(Cl)cc1)NCCc1ccsc1. The van der Waals surface area contributed by atoms with Crippen LogP contribution >= 0.6 is 22.9 Å². The van der Waals surface area contributed by atoms with Crippen LogP contribution in [-0.2, 0) is 11.2 Å². The quantitative estimate of drug-likeness (QED) is 0.861. The number of aliphatic hydroxyl groups excluding tert-OH is 1. The highest BCUT2D eigenvalue weighted by Crippen LogP contribution is 2.18. The monoisotopic (exact) mass is 309 g/mol. The molecule has 1 heterocycles. The molecule has 0 bridgehead atoms. The van der Waals surface area contributed by atoms with Crippen molar-refractivity contribution in [2.75, 3.05) is 6.54 Å². The van der Waals surface area contributed by atoms with Crippen molar-refractivity contribution < 1.29 is 9.90 Å².